The molecule has 20 heavy (non-hydrogen) atoms. The summed E-state index contributed by atoms with van der Waals surface area (Å²) >= 11 is 0. The number of furan rings is 1. The minimum absolute atomic E-state index is 0.0638. The summed E-state index contributed by atoms with van der Waals surface area (Å²) in [5.74, 6) is 1.03. The van der Waals surface area contributed by atoms with Crippen LogP contribution in [0.4, 0.5) is 0 Å². The van der Waals surface area contributed by atoms with E-state index in [1.165, 1.54) is 0 Å². The lowest BCUT2D eigenvalue weighted by molar-refractivity contribution is 0.0619. The van der Waals surface area contributed by atoms with E-state index in [4.69, 9.17) is 4.42 Å². The maximum Gasteiger partial charge on any atom is 0.257 e. The van der Waals surface area contributed by atoms with Gasteiger partial charge in [0.1, 0.15) is 5.76 Å². The molecule has 1 fully saturated rings. The molecule has 3 heterocycles. The first-order valence-corrected chi connectivity index (χ1v) is 6.78. The molecule has 6 nitrogen and oxygen atoms in total. The molecule has 0 spiro atoms. The van der Waals surface area contributed by atoms with Crippen LogP contribution in [0.2, 0.25) is 0 Å². The zero-order valence-corrected chi connectivity index (χ0v) is 11.5. The average Bonchev–Trinajstić information content (AvgIpc) is 3.10. The molecule has 6 heteroatoms. The molecule has 1 amide bonds. The molecule has 0 radical (unpaired) electrons. The second-order valence-corrected chi connectivity index (χ2v) is 5.06. The summed E-state index contributed by atoms with van der Waals surface area (Å²) in [6.07, 6.45) is 3.30. The summed E-state index contributed by atoms with van der Waals surface area (Å²) in [4.78, 5) is 16.5. The monoisotopic (exact) mass is 274 g/mol. The largest absolute Gasteiger partial charge is 0.468 e. The summed E-state index contributed by atoms with van der Waals surface area (Å²) in [6.45, 7) is 5.88. The highest BCUT2D eigenvalue weighted by Crippen LogP contribution is 2.12. The lowest BCUT2D eigenvalue weighted by atomic mass is 10.2. The Balaban J connectivity index is 1.56. The molecule has 106 valence electrons. The highest BCUT2D eigenvalue weighted by atomic mass is 16.3. The smallest absolute Gasteiger partial charge is 0.257 e. The standard InChI is InChI=1S/C14H18N4O2/c1-11-13(9-15-16-11)14(19)18-6-4-17(5-7-18)10-12-3-2-8-20-12/h2-3,8-9H,4-7,10H2,1H3,(H,15,16). The van der Waals surface area contributed by atoms with Gasteiger partial charge in [-0.2, -0.15) is 5.10 Å². The van der Waals surface area contributed by atoms with Crippen LogP contribution in [-0.2, 0) is 6.54 Å². The minimum Gasteiger partial charge on any atom is -0.468 e. The molecule has 1 aliphatic rings. The number of rotatable bonds is 3. The highest BCUT2D eigenvalue weighted by molar-refractivity contribution is 5.95. The molecule has 1 saturated heterocycles. The Hall–Kier alpha value is -2.08. The van der Waals surface area contributed by atoms with Gasteiger partial charge in [0, 0.05) is 31.9 Å². The van der Waals surface area contributed by atoms with Gasteiger partial charge in [-0.3, -0.25) is 14.8 Å². The zero-order valence-electron chi connectivity index (χ0n) is 11.5. The van der Waals surface area contributed by atoms with Crippen LogP contribution < -0.4 is 0 Å². The van der Waals surface area contributed by atoms with Crippen LogP contribution in [0.1, 0.15) is 21.8 Å². The fraction of sp³-hybridized carbons (Fsp3) is 0.429. The van der Waals surface area contributed by atoms with Gasteiger partial charge in [0.15, 0.2) is 0 Å². The SMILES string of the molecule is Cc1[nH]ncc1C(=O)N1CCN(Cc2ccco2)CC1. The van der Waals surface area contributed by atoms with Gasteiger partial charge in [-0.1, -0.05) is 0 Å². The molecular weight excluding hydrogens is 256 g/mol. The van der Waals surface area contributed by atoms with Gasteiger partial charge in [0.05, 0.1) is 24.6 Å². The Morgan fingerprint density at radius 2 is 2.20 bits per heavy atom. The second kappa shape index (κ2) is 5.50. The first kappa shape index (κ1) is 12.9. The quantitative estimate of drug-likeness (QED) is 0.915. The van der Waals surface area contributed by atoms with Gasteiger partial charge in [-0.05, 0) is 19.1 Å². The minimum atomic E-state index is 0.0638. The fourth-order valence-electron chi connectivity index (χ4n) is 2.47. The maximum atomic E-state index is 12.3. The van der Waals surface area contributed by atoms with Gasteiger partial charge in [0.25, 0.3) is 5.91 Å². The van der Waals surface area contributed by atoms with Crippen molar-refractivity contribution in [3.63, 3.8) is 0 Å². The molecule has 2 aromatic heterocycles. The number of nitrogens with zero attached hydrogens (tertiary/aromatic N) is 3. The van der Waals surface area contributed by atoms with Crippen molar-refractivity contribution >= 4 is 5.91 Å². The predicted octanol–water partition coefficient (Wildman–Crippen LogP) is 1.27. The Kier molecular flexibility index (Phi) is 3.56. The number of H-pyrrole nitrogens is 1. The summed E-state index contributed by atoms with van der Waals surface area (Å²) in [6, 6.07) is 3.88. The predicted molar refractivity (Wildman–Crippen MR) is 73.2 cm³/mol. The molecule has 0 saturated carbocycles. The van der Waals surface area contributed by atoms with E-state index in [0.717, 1.165) is 44.2 Å². The van der Waals surface area contributed by atoms with Crippen molar-refractivity contribution in [2.24, 2.45) is 0 Å². The van der Waals surface area contributed by atoms with E-state index in [0.29, 0.717) is 5.56 Å². The van der Waals surface area contributed by atoms with E-state index in [1.807, 2.05) is 24.0 Å². The zero-order chi connectivity index (χ0) is 13.9. The number of piperazine rings is 1. The van der Waals surface area contributed by atoms with Crippen molar-refractivity contribution in [1.29, 1.82) is 0 Å². The van der Waals surface area contributed by atoms with Gasteiger partial charge in [-0.25, -0.2) is 0 Å². The van der Waals surface area contributed by atoms with E-state index in [9.17, 15) is 4.79 Å². The fourth-order valence-corrected chi connectivity index (χ4v) is 2.47. The van der Waals surface area contributed by atoms with Crippen LogP contribution in [0.5, 0.6) is 0 Å². The van der Waals surface area contributed by atoms with Crippen molar-refractivity contribution < 1.29 is 9.21 Å². The highest BCUT2D eigenvalue weighted by Gasteiger charge is 2.24. The van der Waals surface area contributed by atoms with E-state index in [-0.39, 0.29) is 5.91 Å². The Bertz CT molecular complexity index is 568. The number of carbonyl (C=O) groups is 1. The maximum absolute atomic E-state index is 12.3. The van der Waals surface area contributed by atoms with Crippen LogP contribution >= 0.6 is 0 Å². The third kappa shape index (κ3) is 2.60. The van der Waals surface area contributed by atoms with Gasteiger partial charge >= 0.3 is 0 Å². The number of hydrogen-bond acceptors (Lipinski definition) is 4. The normalized spacial score (nSPS) is 16.6. The number of aryl methyl sites for hydroxylation is 1. The molecule has 1 N–H and O–H groups in total. The average molecular weight is 274 g/mol. The van der Waals surface area contributed by atoms with Crippen LogP contribution in [0, 0.1) is 6.92 Å². The number of aromatic nitrogens is 2. The van der Waals surface area contributed by atoms with Crippen molar-refractivity contribution in [3.8, 4) is 0 Å². The molecule has 2 aromatic rings. The first-order valence-electron chi connectivity index (χ1n) is 6.78. The van der Waals surface area contributed by atoms with E-state index >= 15 is 0 Å². The first-order chi connectivity index (χ1) is 9.74. The summed E-state index contributed by atoms with van der Waals surface area (Å²) < 4.78 is 5.35. The molecule has 3 rings (SSSR count). The second-order valence-electron chi connectivity index (χ2n) is 5.06. The molecule has 0 aliphatic carbocycles. The number of hydrogen-bond donors (Lipinski definition) is 1. The van der Waals surface area contributed by atoms with Crippen LogP contribution in [0.3, 0.4) is 0 Å². The molecule has 0 aromatic carbocycles. The number of nitrogens with one attached hydrogen (secondary N) is 1. The lowest BCUT2D eigenvalue weighted by Crippen LogP contribution is -2.48. The molecule has 1 aliphatic heterocycles. The summed E-state index contributed by atoms with van der Waals surface area (Å²) in [7, 11) is 0. The third-order valence-electron chi connectivity index (χ3n) is 3.68. The van der Waals surface area contributed by atoms with Gasteiger partial charge in [0.2, 0.25) is 0 Å². The van der Waals surface area contributed by atoms with Crippen LogP contribution in [0.15, 0.2) is 29.0 Å². The van der Waals surface area contributed by atoms with Crippen molar-refractivity contribution in [3.05, 3.63) is 41.6 Å². The Morgan fingerprint density at radius 1 is 1.40 bits per heavy atom. The topological polar surface area (TPSA) is 65.4 Å². The Labute approximate surface area is 117 Å². The van der Waals surface area contributed by atoms with E-state index in [2.05, 4.69) is 15.1 Å². The summed E-state index contributed by atoms with van der Waals surface area (Å²) in [5, 5.41) is 6.71. The van der Waals surface area contributed by atoms with Gasteiger partial charge in [-0.15, -0.1) is 0 Å². The number of amides is 1. The van der Waals surface area contributed by atoms with Crippen molar-refractivity contribution in [2.75, 3.05) is 26.2 Å². The Morgan fingerprint density at radius 3 is 2.80 bits per heavy atom. The third-order valence-corrected chi connectivity index (χ3v) is 3.68. The van der Waals surface area contributed by atoms with Gasteiger partial charge < -0.3 is 9.32 Å². The van der Waals surface area contributed by atoms with E-state index < -0.39 is 0 Å². The van der Waals surface area contributed by atoms with Crippen LogP contribution in [0.25, 0.3) is 0 Å². The molecule has 0 bridgehead atoms. The lowest BCUT2D eigenvalue weighted by Gasteiger charge is -2.34. The number of aromatic amines is 1. The van der Waals surface area contributed by atoms with Crippen molar-refractivity contribution in [1.82, 2.24) is 20.0 Å². The van der Waals surface area contributed by atoms with Crippen molar-refractivity contribution in [2.45, 2.75) is 13.5 Å². The molecular formula is C14H18N4O2. The van der Waals surface area contributed by atoms with E-state index in [1.54, 1.807) is 12.5 Å². The molecule has 0 atom stereocenters. The number of carbonyl (C=O) groups excluding carboxylic acids is 1. The summed E-state index contributed by atoms with van der Waals surface area (Å²) in [5.41, 5.74) is 1.50. The molecule has 0 unspecified atom stereocenters. The van der Waals surface area contributed by atoms with Crippen LogP contribution in [-0.4, -0.2) is 52.1 Å².